The molecule has 0 spiro atoms. The van der Waals surface area contributed by atoms with Gasteiger partial charge < -0.3 is 24.8 Å². The van der Waals surface area contributed by atoms with Crippen molar-refractivity contribution in [2.75, 3.05) is 48.4 Å². The van der Waals surface area contributed by atoms with Crippen molar-refractivity contribution in [3.05, 3.63) is 99.6 Å². The predicted octanol–water partition coefficient (Wildman–Crippen LogP) is 1.90. The van der Waals surface area contributed by atoms with Crippen molar-refractivity contribution in [1.82, 2.24) is 19.5 Å². The number of para-hydroxylation sites is 1. The highest BCUT2D eigenvalue weighted by Crippen LogP contribution is 2.20. The second-order valence-electron chi connectivity index (χ2n) is 8.37. The number of nitrogens with one attached hydrogen (secondary N) is 2. The molecule has 0 radical (unpaired) electrons. The van der Waals surface area contributed by atoms with Crippen molar-refractivity contribution in [3.8, 4) is 11.4 Å². The molecule has 2 aromatic carbocycles. The lowest BCUT2D eigenvalue weighted by Gasteiger charge is -2.36. The fourth-order valence-electron chi connectivity index (χ4n) is 4.21. The lowest BCUT2D eigenvalue weighted by Crippen LogP contribution is -2.46. The fraction of sp³-hybridized carbons (Fsp3) is 0.192. The number of ether oxygens (including phenoxy) is 1. The molecule has 4 aromatic rings. The van der Waals surface area contributed by atoms with Gasteiger partial charge in [-0.25, -0.2) is 19.3 Å². The van der Waals surface area contributed by atoms with Gasteiger partial charge in [-0.1, -0.05) is 18.2 Å². The van der Waals surface area contributed by atoms with E-state index < -0.39 is 17.2 Å². The number of benzene rings is 2. The molecule has 188 valence electrons. The zero-order chi connectivity index (χ0) is 25.8. The maximum atomic E-state index is 13.0. The smallest absolute Gasteiger partial charge is 0.333 e. The highest BCUT2D eigenvalue weighted by atomic mass is 16.5. The zero-order valence-corrected chi connectivity index (χ0v) is 20.1. The van der Waals surface area contributed by atoms with Crippen LogP contribution in [0, 0.1) is 0 Å². The molecule has 5 rings (SSSR count). The number of carbonyl (C=O) groups is 1. The number of H-pyrrole nitrogens is 1. The molecule has 0 bridgehead atoms. The highest BCUT2D eigenvalue weighted by molar-refractivity contribution is 6.03. The van der Waals surface area contributed by atoms with Crippen LogP contribution in [0.4, 0.5) is 17.3 Å². The standard InChI is InChI=1S/C26H25N7O4/c1-37-20-9-7-19(8-10-20)33-25(35)21(16-27-26(33)36)24(34)30-22-15-23(29-17-28-22)32-13-11-31(12-14-32)18-5-3-2-4-6-18/h2-10,15-17H,11-14H2,1H3,(H,27,36)(H,28,29,30,34). The van der Waals surface area contributed by atoms with Crippen molar-refractivity contribution in [1.29, 1.82) is 0 Å². The van der Waals surface area contributed by atoms with Crippen LogP contribution < -0.4 is 31.1 Å². The predicted molar refractivity (Wildman–Crippen MR) is 140 cm³/mol. The monoisotopic (exact) mass is 499 g/mol. The third-order valence-corrected chi connectivity index (χ3v) is 6.17. The summed E-state index contributed by atoms with van der Waals surface area (Å²) < 4.78 is 6.01. The van der Waals surface area contributed by atoms with Crippen LogP contribution in [0.25, 0.3) is 5.69 Å². The van der Waals surface area contributed by atoms with E-state index in [4.69, 9.17) is 4.74 Å². The first-order chi connectivity index (χ1) is 18.0. The number of hydrogen-bond acceptors (Lipinski definition) is 8. The summed E-state index contributed by atoms with van der Waals surface area (Å²) in [4.78, 5) is 53.8. The van der Waals surface area contributed by atoms with Crippen LogP contribution in [0.5, 0.6) is 5.75 Å². The van der Waals surface area contributed by atoms with Crippen LogP contribution in [0.15, 0.2) is 82.8 Å². The summed E-state index contributed by atoms with van der Waals surface area (Å²) >= 11 is 0. The van der Waals surface area contributed by atoms with E-state index in [1.54, 1.807) is 30.3 Å². The first kappa shape index (κ1) is 23.8. The van der Waals surface area contributed by atoms with Gasteiger partial charge in [-0.15, -0.1) is 0 Å². The molecule has 37 heavy (non-hydrogen) atoms. The quantitative estimate of drug-likeness (QED) is 0.412. The van der Waals surface area contributed by atoms with Crippen molar-refractivity contribution in [2.45, 2.75) is 0 Å². The summed E-state index contributed by atoms with van der Waals surface area (Å²) in [5, 5.41) is 2.65. The molecular formula is C26H25N7O4. The number of rotatable bonds is 6. The number of methoxy groups -OCH3 is 1. The first-order valence-electron chi connectivity index (χ1n) is 11.7. The highest BCUT2D eigenvalue weighted by Gasteiger charge is 2.20. The number of aromatic nitrogens is 4. The third-order valence-electron chi connectivity index (χ3n) is 6.17. The molecule has 2 aromatic heterocycles. The number of piperazine rings is 1. The molecule has 0 atom stereocenters. The molecule has 11 nitrogen and oxygen atoms in total. The molecular weight excluding hydrogens is 474 g/mol. The van der Waals surface area contributed by atoms with Gasteiger partial charge in [0, 0.05) is 44.1 Å². The number of hydrogen-bond donors (Lipinski definition) is 2. The second kappa shape index (κ2) is 10.4. The Morgan fingerprint density at radius 3 is 2.32 bits per heavy atom. The largest absolute Gasteiger partial charge is 0.497 e. The van der Waals surface area contributed by atoms with Gasteiger partial charge in [-0.3, -0.25) is 9.59 Å². The Morgan fingerprint density at radius 1 is 0.919 bits per heavy atom. The minimum atomic E-state index is -0.752. The van der Waals surface area contributed by atoms with Crippen molar-refractivity contribution < 1.29 is 9.53 Å². The van der Waals surface area contributed by atoms with Gasteiger partial charge in [-0.05, 0) is 36.4 Å². The number of nitrogens with zero attached hydrogens (tertiary/aromatic N) is 5. The summed E-state index contributed by atoms with van der Waals surface area (Å²) in [6.07, 6.45) is 2.47. The topological polar surface area (TPSA) is 125 Å². The fourth-order valence-corrected chi connectivity index (χ4v) is 4.21. The number of amides is 1. The van der Waals surface area contributed by atoms with E-state index in [1.165, 1.54) is 19.1 Å². The van der Waals surface area contributed by atoms with Gasteiger partial charge >= 0.3 is 5.69 Å². The van der Waals surface area contributed by atoms with Crippen LogP contribution in [-0.4, -0.2) is 58.7 Å². The van der Waals surface area contributed by atoms with Crippen molar-refractivity contribution in [3.63, 3.8) is 0 Å². The van der Waals surface area contributed by atoms with Gasteiger partial charge in [0.15, 0.2) is 0 Å². The lowest BCUT2D eigenvalue weighted by atomic mass is 10.2. The Kier molecular flexibility index (Phi) is 6.66. The molecule has 0 aliphatic carbocycles. The van der Waals surface area contributed by atoms with Crippen LogP contribution in [0.3, 0.4) is 0 Å². The summed E-state index contributed by atoms with van der Waals surface area (Å²) in [7, 11) is 1.52. The van der Waals surface area contributed by atoms with Crippen molar-refractivity contribution in [2.24, 2.45) is 0 Å². The average Bonchev–Trinajstić information content (AvgIpc) is 2.94. The van der Waals surface area contributed by atoms with E-state index in [9.17, 15) is 14.4 Å². The number of anilines is 3. The van der Waals surface area contributed by atoms with E-state index in [0.717, 1.165) is 36.9 Å². The second-order valence-corrected chi connectivity index (χ2v) is 8.37. The minimum absolute atomic E-state index is 0.230. The molecule has 1 amide bonds. The molecule has 0 unspecified atom stereocenters. The van der Waals surface area contributed by atoms with Gasteiger partial charge in [-0.2, -0.15) is 0 Å². The van der Waals surface area contributed by atoms with Crippen LogP contribution in [0.2, 0.25) is 0 Å². The molecule has 1 aliphatic rings. The molecule has 3 heterocycles. The normalized spacial score (nSPS) is 13.3. The first-order valence-corrected chi connectivity index (χ1v) is 11.7. The lowest BCUT2D eigenvalue weighted by molar-refractivity contribution is 0.102. The van der Waals surface area contributed by atoms with Crippen molar-refractivity contribution >= 4 is 23.2 Å². The SMILES string of the molecule is COc1ccc(-n2c(=O)[nH]cc(C(=O)Nc3cc(N4CCN(c5ccccc5)CC4)ncn3)c2=O)cc1. The molecule has 1 saturated heterocycles. The summed E-state index contributed by atoms with van der Waals surface area (Å²) in [6.45, 7) is 3.17. The Hall–Kier alpha value is -4.93. The Balaban J connectivity index is 1.31. The van der Waals surface area contributed by atoms with Gasteiger partial charge in [0.1, 0.15) is 29.3 Å². The maximum absolute atomic E-state index is 13.0. The Bertz CT molecular complexity index is 1510. The van der Waals surface area contributed by atoms with E-state index in [2.05, 4.69) is 42.2 Å². The van der Waals surface area contributed by atoms with Gasteiger partial charge in [0.2, 0.25) is 0 Å². The molecule has 0 saturated carbocycles. The summed E-state index contributed by atoms with van der Waals surface area (Å²) in [6, 6.07) is 18.3. The molecule has 2 N–H and O–H groups in total. The third kappa shape index (κ3) is 5.06. The van der Waals surface area contributed by atoms with Crippen LogP contribution >= 0.6 is 0 Å². The number of aromatic amines is 1. The van der Waals surface area contributed by atoms with E-state index in [1.807, 2.05) is 18.2 Å². The maximum Gasteiger partial charge on any atom is 0.333 e. The Morgan fingerprint density at radius 2 is 1.62 bits per heavy atom. The molecule has 11 heteroatoms. The zero-order valence-electron chi connectivity index (χ0n) is 20.1. The van der Waals surface area contributed by atoms with Gasteiger partial charge in [0.05, 0.1) is 12.8 Å². The summed E-state index contributed by atoms with van der Waals surface area (Å²) in [5.41, 5.74) is -0.157. The van der Waals surface area contributed by atoms with E-state index >= 15 is 0 Å². The number of carbonyl (C=O) groups excluding carboxylic acids is 1. The molecule has 1 aliphatic heterocycles. The average molecular weight is 500 g/mol. The van der Waals surface area contributed by atoms with Crippen LogP contribution in [0.1, 0.15) is 10.4 Å². The van der Waals surface area contributed by atoms with E-state index in [0.29, 0.717) is 17.3 Å². The minimum Gasteiger partial charge on any atom is -0.497 e. The van der Waals surface area contributed by atoms with Crippen LogP contribution in [-0.2, 0) is 0 Å². The van der Waals surface area contributed by atoms with E-state index in [-0.39, 0.29) is 11.4 Å². The molecule has 1 fully saturated rings. The summed E-state index contributed by atoms with van der Waals surface area (Å²) in [5.74, 6) is 0.808. The Labute approximate surface area is 212 Å². The van der Waals surface area contributed by atoms with Gasteiger partial charge in [0.25, 0.3) is 11.5 Å².